The summed E-state index contributed by atoms with van der Waals surface area (Å²) in [6, 6.07) is 11.5. The van der Waals surface area contributed by atoms with Gasteiger partial charge in [0.15, 0.2) is 16.8 Å². The van der Waals surface area contributed by atoms with Gasteiger partial charge in [-0.15, -0.1) is 0 Å². The molecule has 1 N–H and O–H groups in total. The zero-order valence-electron chi connectivity index (χ0n) is 23.7. The first-order valence-corrected chi connectivity index (χ1v) is 13.8. The summed E-state index contributed by atoms with van der Waals surface area (Å²) >= 11 is 0. The fourth-order valence-electron chi connectivity index (χ4n) is 3.98. The third-order valence-electron chi connectivity index (χ3n) is 6.08. The minimum Gasteiger partial charge on any atom is -0.453 e. The van der Waals surface area contributed by atoms with Crippen LogP contribution in [0.3, 0.4) is 0 Å². The van der Waals surface area contributed by atoms with Gasteiger partial charge in [0.1, 0.15) is 5.76 Å². The van der Waals surface area contributed by atoms with E-state index in [0.717, 1.165) is 0 Å². The summed E-state index contributed by atoms with van der Waals surface area (Å²) in [5, 5.41) is 6.58. The lowest BCUT2D eigenvalue weighted by Gasteiger charge is -2.09. The molecule has 14 nitrogen and oxygen atoms in total. The number of azide groups is 1. The Morgan fingerprint density at radius 3 is 2.12 bits per heavy atom. The Hall–Kier alpha value is -4.17. The Labute approximate surface area is 247 Å². The highest BCUT2D eigenvalue weighted by atomic mass is 16.7. The third kappa shape index (κ3) is 9.96. The van der Waals surface area contributed by atoms with Gasteiger partial charge in [0.25, 0.3) is 5.91 Å². The van der Waals surface area contributed by atoms with E-state index < -0.39 is 0 Å². The van der Waals surface area contributed by atoms with Crippen molar-refractivity contribution >= 4 is 16.9 Å². The Bertz CT molecular complexity index is 1420. The smallest absolute Gasteiger partial charge is 0.251 e. The van der Waals surface area contributed by atoms with Crippen LogP contribution in [0.15, 0.2) is 56.8 Å². The van der Waals surface area contributed by atoms with Gasteiger partial charge in [-0.05, 0) is 29.8 Å². The number of carbonyl (C=O) groups excluding carboxylic acids is 1. The first-order chi connectivity index (χ1) is 21.2. The molecule has 3 aromatic rings. The summed E-state index contributed by atoms with van der Waals surface area (Å²) in [6.45, 7) is 4.91. The molecule has 0 fully saturated rings. The molecule has 0 unspecified atom stereocenters. The van der Waals surface area contributed by atoms with Crippen molar-refractivity contribution in [1.29, 1.82) is 0 Å². The molecule has 2 heterocycles. The molecular weight excluding hydrogens is 564 g/mol. The summed E-state index contributed by atoms with van der Waals surface area (Å²) in [6.07, 6.45) is 0. The van der Waals surface area contributed by atoms with E-state index in [9.17, 15) is 9.59 Å². The fourth-order valence-corrected chi connectivity index (χ4v) is 3.98. The van der Waals surface area contributed by atoms with Crippen molar-refractivity contribution in [3.05, 3.63) is 68.7 Å². The first kappa shape index (κ1) is 31.8. The second-order valence-electron chi connectivity index (χ2n) is 9.00. The monoisotopic (exact) mass is 598 g/mol. The van der Waals surface area contributed by atoms with Crippen LogP contribution in [-0.4, -0.2) is 91.9 Å². The highest BCUT2D eigenvalue weighted by Crippen LogP contribution is 2.39. The predicted molar refractivity (Wildman–Crippen MR) is 154 cm³/mol. The second-order valence-corrected chi connectivity index (χ2v) is 9.00. The SMILES string of the molecule is [N-]=[N+]=NCCOCCOCCOCCOCCOCCNC(=O)c1ccc(-c2cc(=O)c3ccc4c(c3o2)OCO4)cc1. The van der Waals surface area contributed by atoms with Gasteiger partial charge in [-0.1, -0.05) is 17.2 Å². The Kier molecular flexibility index (Phi) is 13.1. The number of nitrogens with zero attached hydrogens (tertiary/aromatic N) is 3. The minimum absolute atomic E-state index is 0.0699. The maximum Gasteiger partial charge on any atom is 0.251 e. The highest BCUT2D eigenvalue weighted by molar-refractivity contribution is 5.94. The van der Waals surface area contributed by atoms with E-state index in [1.54, 1.807) is 36.4 Å². The van der Waals surface area contributed by atoms with Crippen molar-refractivity contribution in [3.63, 3.8) is 0 Å². The minimum atomic E-state index is -0.242. The third-order valence-corrected chi connectivity index (χ3v) is 6.08. The molecule has 1 aliphatic rings. The largest absolute Gasteiger partial charge is 0.453 e. The number of nitrogens with one attached hydrogen (secondary N) is 1. The van der Waals surface area contributed by atoms with Crippen molar-refractivity contribution in [2.24, 2.45) is 5.11 Å². The van der Waals surface area contributed by atoms with Crippen molar-refractivity contribution in [3.8, 4) is 22.8 Å². The number of rotatable bonds is 20. The molecule has 43 heavy (non-hydrogen) atoms. The molecule has 0 saturated carbocycles. The molecule has 1 aromatic heterocycles. The normalized spacial score (nSPS) is 11.9. The standard InChI is InChI=1S/C29H34N4O10/c30-33-32-8-10-37-12-14-39-16-18-40-17-15-38-13-11-36-9-7-31-29(35)22-3-1-21(2-4-22)26-19-24(34)23-5-6-25-28(27(23)43-26)42-20-41-25/h1-6,19H,7-18,20H2,(H,31,35). The maximum absolute atomic E-state index is 12.6. The van der Waals surface area contributed by atoms with Gasteiger partial charge in [-0.25, -0.2) is 0 Å². The number of hydrogen-bond acceptors (Lipinski definition) is 11. The van der Waals surface area contributed by atoms with Crippen LogP contribution < -0.4 is 20.2 Å². The summed E-state index contributed by atoms with van der Waals surface area (Å²) in [5.74, 6) is 1.06. The van der Waals surface area contributed by atoms with Gasteiger partial charge in [-0.3, -0.25) is 9.59 Å². The van der Waals surface area contributed by atoms with Crippen LogP contribution in [0.1, 0.15) is 10.4 Å². The lowest BCUT2D eigenvalue weighted by molar-refractivity contribution is -0.0102. The van der Waals surface area contributed by atoms with Crippen molar-refractivity contribution in [1.82, 2.24) is 5.32 Å². The molecule has 1 aliphatic heterocycles. The number of hydrogen-bond donors (Lipinski definition) is 1. The number of ether oxygens (including phenoxy) is 7. The maximum atomic E-state index is 12.6. The zero-order valence-corrected chi connectivity index (χ0v) is 23.7. The van der Waals surface area contributed by atoms with Gasteiger partial charge in [-0.2, -0.15) is 0 Å². The van der Waals surface area contributed by atoms with E-state index in [-0.39, 0.29) is 18.1 Å². The van der Waals surface area contributed by atoms with Crippen LogP contribution in [0.5, 0.6) is 11.5 Å². The highest BCUT2D eigenvalue weighted by Gasteiger charge is 2.21. The molecule has 0 atom stereocenters. The molecule has 0 aliphatic carbocycles. The molecule has 0 bridgehead atoms. The molecule has 0 spiro atoms. The van der Waals surface area contributed by atoms with Crippen LogP contribution in [-0.2, 0) is 23.7 Å². The van der Waals surface area contributed by atoms with E-state index in [4.69, 9.17) is 43.1 Å². The summed E-state index contributed by atoms with van der Waals surface area (Å²) < 4.78 is 43.8. The van der Waals surface area contributed by atoms with Crippen molar-refractivity contribution < 1.29 is 42.4 Å². The van der Waals surface area contributed by atoms with E-state index in [1.165, 1.54) is 6.07 Å². The number of benzene rings is 2. The van der Waals surface area contributed by atoms with Gasteiger partial charge in [0.2, 0.25) is 12.5 Å². The first-order valence-electron chi connectivity index (χ1n) is 13.8. The number of fused-ring (bicyclic) bond motifs is 3. The molecule has 14 heteroatoms. The number of amides is 1. The molecule has 4 rings (SSSR count). The summed E-state index contributed by atoms with van der Waals surface area (Å²) in [4.78, 5) is 27.8. The van der Waals surface area contributed by atoms with E-state index >= 15 is 0 Å². The van der Waals surface area contributed by atoms with Crippen LogP contribution in [0.25, 0.3) is 32.7 Å². The molecule has 230 valence electrons. The summed E-state index contributed by atoms with van der Waals surface area (Å²) in [7, 11) is 0. The average Bonchev–Trinajstić information content (AvgIpc) is 3.52. The topological polar surface area (TPSA) is 173 Å². The molecule has 0 radical (unpaired) electrons. The molecule has 1 amide bonds. The van der Waals surface area contributed by atoms with Crippen molar-refractivity contribution in [2.45, 2.75) is 0 Å². The summed E-state index contributed by atoms with van der Waals surface area (Å²) in [5.41, 5.74) is 9.39. The van der Waals surface area contributed by atoms with Gasteiger partial charge >= 0.3 is 0 Å². The van der Waals surface area contributed by atoms with Gasteiger partial charge in [0, 0.05) is 35.2 Å². The fraction of sp³-hybridized carbons (Fsp3) is 0.448. The Morgan fingerprint density at radius 1 is 0.837 bits per heavy atom. The quantitative estimate of drug-likeness (QED) is 0.0880. The lowest BCUT2D eigenvalue weighted by Crippen LogP contribution is -2.27. The van der Waals surface area contributed by atoms with Crippen LogP contribution in [0.4, 0.5) is 0 Å². The van der Waals surface area contributed by atoms with Gasteiger partial charge < -0.3 is 42.9 Å². The second kappa shape index (κ2) is 17.7. The average molecular weight is 599 g/mol. The van der Waals surface area contributed by atoms with Crippen LogP contribution >= 0.6 is 0 Å². The Balaban J connectivity index is 1.03. The molecule has 2 aromatic carbocycles. The van der Waals surface area contributed by atoms with E-state index in [1.807, 2.05) is 0 Å². The van der Waals surface area contributed by atoms with Gasteiger partial charge in [0.05, 0.1) is 71.5 Å². The Morgan fingerprint density at radius 2 is 1.47 bits per heavy atom. The zero-order chi connectivity index (χ0) is 30.1. The lowest BCUT2D eigenvalue weighted by atomic mass is 10.1. The van der Waals surface area contributed by atoms with E-state index in [0.29, 0.717) is 119 Å². The van der Waals surface area contributed by atoms with Crippen molar-refractivity contribution in [2.75, 3.05) is 86.0 Å². The number of carbonyl (C=O) groups is 1. The molecular formula is C29H34N4O10. The van der Waals surface area contributed by atoms with Crippen LogP contribution in [0.2, 0.25) is 0 Å². The van der Waals surface area contributed by atoms with Crippen LogP contribution in [0, 0.1) is 0 Å². The molecule has 0 saturated heterocycles. The predicted octanol–water partition coefficient (Wildman–Crippen LogP) is 3.31. The van der Waals surface area contributed by atoms with E-state index in [2.05, 4.69) is 15.3 Å².